The van der Waals surface area contributed by atoms with Crippen molar-refractivity contribution in [2.45, 2.75) is 33.4 Å². The number of hydrogen-bond donors (Lipinski definition) is 1. The highest BCUT2D eigenvalue weighted by atomic mass is 16.6. The highest BCUT2D eigenvalue weighted by Gasteiger charge is 2.28. The third-order valence-corrected chi connectivity index (χ3v) is 3.30. The Morgan fingerprint density at radius 1 is 1.35 bits per heavy atom. The van der Waals surface area contributed by atoms with Crippen molar-refractivity contribution in [3.8, 4) is 0 Å². The molecule has 8 nitrogen and oxygen atoms in total. The molecule has 23 heavy (non-hydrogen) atoms. The van der Waals surface area contributed by atoms with E-state index in [1.807, 2.05) is 51.1 Å². The third kappa shape index (κ3) is 4.35. The van der Waals surface area contributed by atoms with Crippen LogP contribution in [0.25, 0.3) is 0 Å². The molecule has 2 aromatic rings. The third-order valence-electron chi connectivity index (χ3n) is 3.30. The molecule has 8 heteroatoms. The molecular formula is C15H19N5O3. The maximum Gasteiger partial charge on any atom is 0.490 e. The van der Waals surface area contributed by atoms with E-state index in [-0.39, 0.29) is 23.9 Å². The van der Waals surface area contributed by atoms with Crippen molar-refractivity contribution in [1.82, 2.24) is 20.1 Å². The maximum atomic E-state index is 12.3. The van der Waals surface area contributed by atoms with Gasteiger partial charge in [0, 0.05) is 5.10 Å². The van der Waals surface area contributed by atoms with Crippen LogP contribution in [0.4, 0.5) is 5.95 Å². The predicted molar refractivity (Wildman–Crippen MR) is 83.5 cm³/mol. The molecule has 1 unspecified atom stereocenters. The molecule has 122 valence electrons. The molecular weight excluding hydrogens is 298 g/mol. The Kier molecular flexibility index (Phi) is 4.73. The summed E-state index contributed by atoms with van der Waals surface area (Å²) in [5.74, 6) is -0.804. The Balaban J connectivity index is 2.10. The van der Waals surface area contributed by atoms with Gasteiger partial charge in [-0.05, 0) is 15.9 Å². The van der Waals surface area contributed by atoms with Crippen molar-refractivity contribution in [1.29, 1.82) is 0 Å². The molecule has 2 rings (SSSR count). The molecule has 1 N–H and O–H groups in total. The van der Waals surface area contributed by atoms with Crippen LogP contribution in [-0.2, 0) is 11.3 Å². The van der Waals surface area contributed by atoms with E-state index in [4.69, 9.17) is 0 Å². The molecule has 0 aliphatic rings. The SMILES string of the molecule is CC(C)(C)C(NC(=O)Cn1cnc([N+](=O)[O-])n1)c1ccccc1. The van der Waals surface area contributed by atoms with Crippen molar-refractivity contribution >= 4 is 11.9 Å². The molecule has 0 fully saturated rings. The second-order valence-electron chi connectivity index (χ2n) is 6.28. The van der Waals surface area contributed by atoms with Gasteiger partial charge >= 0.3 is 5.95 Å². The van der Waals surface area contributed by atoms with Crippen LogP contribution in [0.15, 0.2) is 36.7 Å². The van der Waals surface area contributed by atoms with Crippen LogP contribution in [0.2, 0.25) is 0 Å². The van der Waals surface area contributed by atoms with E-state index in [1.165, 1.54) is 6.33 Å². The van der Waals surface area contributed by atoms with Crippen LogP contribution < -0.4 is 5.32 Å². The number of rotatable bonds is 5. The summed E-state index contributed by atoms with van der Waals surface area (Å²) in [4.78, 5) is 25.6. The number of nitro groups is 1. The standard InChI is InChI=1S/C15H19N5O3/c1-15(2,3)13(11-7-5-4-6-8-11)17-12(21)9-19-10-16-14(18-19)20(22)23/h4-8,10,13H,9H2,1-3H3,(H,17,21). The molecule has 0 spiro atoms. The van der Waals surface area contributed by atoms with E-state index in [0.717, 1.165) is 10.2 Å². The predicted octanol–water partition coefficient (Wildman–Crippen LogP) is 2.09. The summed E-state index contributed by atoms with van der Waals surface area (Å²) in [6.45, 7) is 5.97. The van der Waals surface area contributed by atoms with Gasteiger partial charge in [-0.1, -0.05) is 56.1 Å². The van der Waals surface area contributed by atoms with Gasteiger partial charge in [-0.15, -0.1) is 0 Å². The summed E-state index contributed by atoms with van der Waals surface area (Å²) < 4.78 is 1.15. The van der Waals surface area contributed by atoms with Gasteiger partial charge in [0.05, 0.1) is 6.04 Å². The zero-order valence-electron chi connectivity index (χ0n) is 13.3. The van der Waals surface area contributed by atoms with Gasteiger partial charge in [-0.2, -0.15) is 4.68 Å². The summed E-state index contributed by atoms with van der Waals surface area (Å²) in [6.07, 6.45) is 1.17. The first-order chi connectivity index (χ1) is 10.8. The highest BCUT2D eigenvalue weighted by Crippen LogP contribution is 2.32. The first-order valence-corrected chi connectivity index (χ1v) is 7.15. The van der Waals surface area contributed by atoms with E-state index < -0.39 is 10.9 Å². The quantitative estimate of drug-likeness (QED) is 0.672. The fourth-order valence-electron chi connectivity index (χ4n) is 2.24. The minimum Gasteiger partial charge on any atom is -0.390 e. The van der Waals surface area contributed by atoms with Crippen LogP contribution in [0.3, 0.4) is 0 Å². The molecule has 1 heterocycles. The Morgan fingerprint density at radius 3 is 2.52 bits per heavy atom. The largest absolute Gasteiger partial charge is 0.490 e. The number of carbonyl (C=O) groups excluding carboxylic acids is 1. The number of amides is 1. The fourth-order valence-corrected chi connectivity index (χ4v) is 2.24. The van der Waals surface area contributed by atoms with E-state index in [9.17, 15) is 14.9 Å². The number of carbonyl (C=O) groups is 1. The molecule has 1 atom stereocenters. The van der Waals surface area contributed by atoms with Crippen LogP contribution in [0.5, 0.6) is 0 Å². The number of aromatic nitrogens is 3. The number of benzene rings is 1. The fraction of sp³-hybridized carbons (Fsp3) is 0.400. The minimum absolute atomic E-state index is 0.125. The molecule has 0 saturated carbocycles. The van der Waals surface area contributed by atoms with Gasteiger partial charge in [0.2, 0.25) is 12.2 Å². The Morgan fingerprint density at radius 2 is 2.00 bits per heavy atom. The lowest BCUT2D eigenvalue weighted by atomic mass is 9.82. The normalized spacial score (nSPS) is 12.7. The lowest BCUT2D eigenvalue weighted by molar-refractivity contribution is -0.394. The molecule has 0 bridgehead atoms. The zero-order chi connectivity index (χ0) is 17.0. The van der Waals surface area contributed by atoms with Crippen molar-refractivity contribution in [2.24, 2.45) is 5.41 Å². The number of nitrogens with one attached hydrogen (secondary N) is 1. The average Bonchev–Trinajstić information content (AvgIpc) is 2.93. The topological polar surface area (TPSA) is 103 Å². The first kappa shape index (κ1) is 16.6. The molecule has 1 aromatic carbocycles. The zero-order valence-corrected chi connectivity index (χ0v) is 13.3. The summed E-state index contributed by atoms with van der Waals surface area (Å²) in [5.41, 5.74) is 0.809. The Bertz CT molecular complexity index is 691. The summed E-state index contributed by atoms with van der Waals surface area (Å²) in [5, 5.41) is 17.2. The average molecular weight is 317 g/mol. The summed E-state index contributed by atoms with van der Waals surface area (Å²) >= 11 is 0. The second-order valence-corrected chi connectivity index (χ2v) is 6.28. The van der Waals surface area contributed by atoms with Gasteiger partial charge in [0.25, 0.3) is 0 Å². The van der Waals surface area contributed by atoms with Crippen molar-refractivity contribution in [2.75, 3.05) is 0 Å². The van der Waals surface area contributed by atoms with Crippen LogP contribution >= 0.6 is 0 Å². The van der Waals surface area contributed by atoms with Crippen LogP contribution in [0.1, 0.15) is 32.4 Å². The minimum atomic E-state index is -0.698. The monoisotopic (exact) mass is 317 g/mol. The Hall–Kier alpha value is -2.77. The molecule has 0 aliphatic heterocycles. The highest BCUT2D eigenvalue weighted by molar-refractivity contribution is 5.76. The number of hydrogen-bond acceptors (Lipinski definition) is 5. The van der Waals surface area contributed by atoms with Crippen molar-refractivity contribution < 1.29 is 9.72 Å². The van der Waals surface area contributed by atoms with Crippen LogP contribution in [-0.4, -0.2) is 25.6 Å². The maximum absolute atomic E-state index is 12.3. The van der Waals surface area contributed by atoms with Crippen LogP contribution in [0, 0.1) is 15.5 Å². The van der Waals surface area contributed by atoms with Crippen molar-refractivity contribution in [3.05, 3.63) is 52.3 Å². The number of nitrogens with zero attached hydrogens (tertiary/aromatic N) is 4. The van der Waals surface area contributed by atoms with Gasteiger partial charge < -0.3 is 15.4 Å². The molecule has 1 aromatic heterocycles. The van der Waals surface area contributed by atoms with E-state index in [2.05, 4.69) is 15.4 Å². The molecule has 0 aliphatic carbocycles. The van der Waals surface area contributed by atoms with Gasteiger partial charge in [-0.3, -0.25) is 4.79 Å². The smallest absolute Gasteiger partial charge is 0.390 e. The van der Waals surface area contributed by atoms with E-state index >= 15 is 0 Å². The summed E-state index contributed by atoms with van der Waals surface area (Å²) in [6, 6.07) is 9.48. The summed E-state index contributed by atoms with van der Waals surface area (Å²) in [7, 11) is 0. The first-order valence-electron chi connectivity index (χ1n) is 7.15. The van der Waals surface area contributed by atoms with Gasteiger partial charge in [0.1, 0.15) is 6.54 Å². The molecule has 0 radical (unpaired) electrons. The van der Waals surface area contributed by atoms with Gasteiger partial charge in [0.15, 0.2) is 0 Å². The van der Waals surface area contributed by atoms with E-state index in [1.54, 1.807) is 0 Å². The van der Waals surface area contributed by atoms with E-state index in [0.29, 0.717) is 0 Å². The molecule has 0 saturated heterocycles. The molecule has 1 amide bonds. The van der Waals surface area contributed by atoms with Gasteiger partial charge in [-0.25, -0.2) is 0 Å². The second kappa shape index (κ2) is 6.55. The lowest BCUT2D eigenvalue weighted by Gasteiger charge is -2.31. The Labute approximate surface area is 133 Å². The van der Waals surface area contributed by atoms with Crippen molar-refractivity contribution in [3.63, 3.8) is 0 Å². The lowest BCUT2D eigenvalue weighted by Crippen LogP contribution is -2.38.